The first-order valence-corrected chi connectivity index (χ1v) is 12.5. The molecular weight excluding hydrogens is 554 g/mol. The van der Waals surface area contributed by atoms with Gasteiger partial charge in [-0.05, 0) is 6.07 Å². The predicted molar refractivity (Wildman–Crippen MR) is 126 cm³/mol. The van der Waals surface area contributed by atoms with Crippen LogP contribution in [0.4, 0.5) is 32.2 Å². The Kier molecular flexibility index (Phi) is 9.26. The van der Waals surface area contributed by atoms with Gasteiger partial charge in [0.25, 0.3) is 0 Å². The van der Waals surface area contributed by atoms with Gasteiger partial charge in [0.15, 0.2) is 17.5 Å². The van der Waals surface area contributed by atoms with E-state index in [9.17, 15) is 35.9 Å². The lowest BCUT2D eigenvalue weighted by atomic mass is 9.96. The largest absolute Gasteiger partial charge is 0.487 e. The minimum absolute atomic E-state index is 0.00117. The summed E-state index contributed by atoms with van der Waals surface area (Å²) in [5.74, 6) is -3.30. The van der Waals surface area contributed by atoms with Gasteiger partial charge in [-0.1, -0.05) is 0 Å². The van der Waals surface area contributed by atoms with Crippen LogP contribution >= 0.6 is 0 Å². The van der Waals surface area contributed by atoms with Gasteiger partial charge in [-0.15, -0.1) is 0 Å². The van der Waals surface area contributed by atoms with Gasteiger partial charge in [-0.3, -0.25) is 15.0 Å². The zero-order chi connectivity index (χ0) is 29.1. The lowest BCUT2D eigenvalue weighted by molar-refractivity contribution is -0.193. The fourth-order valence-corrected chi connectivity index (χ4v) is 4.95. The Labute approximate surface area is 225 Å². The minimum Gasteiger partial charge on any atom is -0.487 e. The molecule has 40 heavy (non-hydrogen) atoms. The Bertz CT molecular complexity index is 1060. The number of alkyl halides is 6. The van der Waals surface area contributed by atoms with Crippen molar-refractivity contribution in [2.45, 2.75) is 36.9 Å². The molecule has 0 spiro atoms. The number of fused-ring (bicyclic) bond motifs is 3. The Morgan fingerprint density at radius 3 is 2.73 bits per heavy atom. The zero-order valence-corrected chi connectivity index (χ0v) is 21.5. The van der Waals surface area contributed by atoms with Crippen molar-refractivity contribution >= 4 is 17.6 Å². The summed E-state index contributed by atoms with van der Waals surface area (Å²) in [7, 11) is 1.38. The number of hydrazine groups is 1. The predicted octanol–water partition coefficient (Wildman–Crippen LogP) is 0.703. The van der Waals surface area contributed by atoms with E-state index in [1.807, 2.05) is 10.3 Å². The van der Waals surface area contributed by atoms with E-state index in [4.69, 9.17) is 14.2 Å². The molecule has 0 aromatic carbocycles. The lowest BCUT2D eigenvalue weighted by Gasteiger charge is -2.44. The van der Waals surface area contributed by atoms with Gasteiger partial charge >= 0.3 is 12.4 Å². The van der Waals surface area contributed by atoms with E-state index in [1.165, 1.54) is 7.11 Å². The maximum atomic E-state index is 13.4. The average Bonchev–Trinajstić information content (AvgIpc) is 2.89. The monoisotopic (exact) mass is 584 g/mol. The average molecular weight is 585 g/mol. The molecule has 2 saturated heterocycles. The van der Waals surface area contributed by atoms with Crippen molar-refractivity contribution < 1.29 is 50.1 Å². The van der Waals surface area contributed by atoms with Crippen molar-refractivity contribution in [3.8, 4) is 5.75 Å². The van der Waals surface area contributed by atoms with E-state index < -0.39 is 41.8 Å². The van der Waals surface area contributed by atoms with Crippen LogP contribution in [-0.2, 0) is 25.2 Å². The first-order chi connectivity index (χ1) is 18.9. The molecule has 1 aromatic heterocycles. The van der Waals surface area contributed by atoms with E-state index in [0.717, 1.165) is 12.3 Å². The maximum absolute atomic E-state index is 13.4. The first kappa shape index (κ1) is 30.1. The smallest absolute Gasteiger partial charge is 0.418 e. The molecule has 2 amide bonds. The van der Waals surface area contributed by atoms with Crippen molar-refractivity contribution in [3.05, 3.63) is 17.8 Å². The molecule has 2 unspecified atom stereocenters. The highest BCUT2D eigenvalue weighted by Crippen LogP contribution is 2.38. The van der Waals surface area contributed by atoms with Crippen LogP contribution < -0.4 is 25.8 Å². The molecule has 0 bridgehead atoms. The summed E-state index contributed by atoms with van der Waals surface area (Å²) in [6, 6.07) is -1.28. The molecule has 1 aromatic rings. The molecule has 3 N–H and O–H groups in total. The molecule has 0 radical (unpaired) electrons. The topological polar surface area (TPSA) is 117 Å². The molecule has 4 rings (SSSR count). The SMILES string of the molecule is COC[C@@H](COCCC(=O)N1CCN2c3ncc(C(F)(F)F)cc3OC[C@@H]2C1)NC1CNNC(=O)C1C(F)(F)F. The number of rotatable bonds is 9. The molecule has 4 heterocycles. The number of pyridine rings is 1. The van der Waals surface area contributed by atoms with Gasteiger partial charge in [0, 0.05) is 45.5 Å². The first-order valence-electron chi connectivity index (χ1n) is 12.5. The fourth-order valence-electron chi connectivity index (χ4n) is 4.95. The quantitative estimate of drug-likeness (QED) is 0.285. The Hall–Kier alpha value is -2.89. The molecule has 11 nitrogen and oxygen atoms in total. The number of carbonyl (C=O) groups excluding carboxylic acids is 2. The van der Waals surface area contributed by atoms with Gasteiger partial charge < -0.3 is 29.3 Å². The number of piperazine rings is 1. The van der Waals surface area contributed by atoms with Gasteiger partial charge in [0.2, 0.25) is 11.8 Å². The van der Waals surface area contributed by atoms with Crippen LogP contribution in [0.3, 0.4) is 0 Å². The highest BCUT2D eigenvalue weighted by molar-refractivity contribution is 5.80. The maximum Gasteiger partial charge on any atom is 0.418 e. The second kappa shape index (κ2) is 12.3. The molecule has 3 aliphatic rings. The van der Waals surface area contributed by atoms with Crippen LogP contribution in [0, 0.1) is 5.92 Å². The molecule has 2 fully saturated rings. The van der Waals surface area contributed by atoms with Gasteiger partial charge in [-0.25, -0.2) is 10.4 Å². The second-order valence-electron chi connectivity index (χ2n) is 9.68. The third-order valence-electron chi connectivity index (χ3n) is 6.87. The van der Waals surface area contributed by atoms with Crippen LogP contribution in [0.25, 0.3) is 0 Å². The molecule has 0 saturated carbocycles. The molecule has 4 atom stereocenters. The number of hydrogen-bond acceptors (Lipinski definition) is 9. The summed E-state index contributed by atoms with van der Waals surface area (Å²) < 4.78 is 95.3. The summed E-state index contributed by atoms with van der Waals surface area (Å²) in [5.41, 5.74) is 3.52. The van der Waals surface area contributed by atoms with Crippen LogP contribution in [0.15, 0.2) is 12.3 Å². The van der Waals surface area contributed by atoms with Crippen molar-refractivity contribution in [2.75, 3.05) is 64.6 Å². The number of ether oxygens (including phenoxy) is 3. The minimum atomic E-state index is -4.74. The number of amides is 2. The molecule has 0 aliphatic carbocycles. The number of halogens is 6. The van der Waals surface area contributed by atoms with Crippen LogP contribution in [0.2, 0.25) is 0 Å². The second-order valence-corrected chi connectivity index (χ2v) is 9.68. The molecule has 3 aliphatic heterocycles. The van der Waals surface area contributed by atoms with E-state index in [-0.39, 0.29) is 63.6 Å². The van der Waals surface area contributed by atoms with E-state index in [1.54, 1.807) is 4.90 Å². The molecule has 17 heteroatoms. The zero-order valence-electron chi connectivity index (χ0n) is 21.5. The number of hydrogen-bond donors (Lipinski definition) is 3. The van der Waals surface area contributed by atoms with Gasteiger partial charge in [-0.2, -0.15) is 26.3 Å². The van der Waals surface area contributed by atoms with Gasteiger partial charge in [0.1, 0.15) is 6.61 Å². The van der Waals surface area contributed by atoms with E-state index in [2.05, 4.69) is 15.7 Å². The highest BCUT2D eigenvalue weighted by atomic mass is 19.4. The third-order valence-corrected chi connectivity index (χ3v) is 6.87. The number of anilines is 1. The Morgan fingerprint density at radius 1 is 1.25 bits per heavy atom. The third kappa shape index (κ3) is 7.05. The Morgan fingerprint density at radius 2 is 2.02 bits per heavy atom. The van der Waals surface area contributed by atoms with E-state index in [0.29, 0.717) is 18.9 Å². The standard InChI is InChI=1S/C23H30F6N6O5/c1-38-10-14(32-16-8-31-33-21(37)19(16)23(27,28)29)11-39-5-2-18(36)34-3-4-35-15(9-34)12-40-17-6-13(22(24,25)26)7-30-20(17)35/h6-7,14-16,19,31-32H,2-5,8-12H2,1H3,(H,33,37)/t14-,15-,16?,19?/m0/s1. The van der Waals surface area contributed by atoms with Gasteiger partial charge in [0.05, 0.1) is 43.9 Å². The number of methoxy groups -OCH3 is 1. The van der Waals surface area contributed by atoms with Crippen LogP contribution in [-0.4, -0.2) is 106 Å². The fraction of sp³-hybridized carbons (Fsp3) is 0.696. The summed E-state index contributed by atoms with van der Waals surface area (Å²) in [6.07, 6.45) is -8.51. The molecular formula is C23H30F6N6O5. The van der Waals surface area contributed by atoms with Crippen LogP contribution in [0.5, 0.6) is 5.75 Å². The lowest BCUT2D eigenvalue weighted by Crippen LogP contribution is -2.65. The highest BCUT2D eigenvalue weighted by Gasteiger charge is 2.51. The van der Waals surface area contributed by atoms with Crippen molar-refractivity contribution in [3.63, 3.8) is 0 Å². The summed E-state index contributed by atoms with van der Waals surface area (Å²) in [5, 5.41) is 2.77. The summed E-state index contributed by atoms with van der Waals surface area (Å²) >= 11 is 0. The summed E-state index contributed by atoms with van der Waals surface area (Å²) in [4.78, 5) is 31.9. The van der Waals surface area contributed by atoms with Crippen LogP contribution in [0.1, 0.15) is 12.0 Å². The van der Waals surface area contributed by atoms with Crippen molar-refractivity contribution in [1.29, 1.82) is 0 Å². The number of nitrogens with zero attached hydrogens (tertiary/aromatic N) is 3. The molecule has 224 valence electrons. The summed E-state index contributed by atoms with van der Waals surface area (Å²) in [6.45, 7) is 0.846. The van der Waals surface area contributed by atoms with E-state index >= 15 is 0 Å². The number of nitrogens with one attached hydrogen (secondary N) is 3. The van der Waals surface area contributed by atoms with Crippen molar-refractivity contribution in [1.82, 2.24) is 26.1 Å². The number of carbonyl (C=O) groups is 2. The van der Waals surface area contributed by atoms with Crippen molar-refractivity contribution in [2.24, 2.45) is 5.92 Å². The normalized spacial score (nSPS) is 24.1. The number of aromatic nitrogens is 1. The Balaban J connectivity index is 1.24.